The van der Waals surface area contributed by atoms with Crippen molar-refractivity contribution >= 4 is 33.6 Å². The number of guanidine groups is 1. The van der Waals surface area contributed by atoms with Gasteiger partial charge in [-0.25, -0.2) is 0 Å². The predicted octanol–water partition coefficient (Wildman–Crippen LogP) is 0.703. The molecule has 10 heteroatoms. The van der Waals surface area contributed by atoms with Crippen molar-refractivity contribution in [1.82, 2.24) is 4.90 Å². The largest absolute Gasteiger partial charge is 0.394 e. The average Bonchev–Trinajstić information content (AvgIpc) is 2.37. The van der Waals surface area contributed by atoms with Crippen LogP contribution in [0.15, 0.2) is 24.3 Å². The summed E-state index contributed by atoms with van der Waals surface area (Å²) < 4.78 is 31.6. The van der Waals surface area contributed by atoms with Crippen molar-refractivity contribution in [3.05, 3.63) is 29.3 Å². The van der Waals surface area contributed by atoms with Gasteiger partial charge in [-0.1, -0.05) is 17.7 Å². The highest BCUT2D eigenvalue weighted by Gasteiger charge is 2.17. The van der Waals surface area contributed by atoms with Gasteiger partial charge in [-0.15, -0.1) is 0 Å². The summed E-state index contributed by atoms with van der Waals surface area (Å²) >= 11 is 5.95. The first kappa shape index (κ1) is 17.5. The van der Waals surface area contributed by atoms with Gasteiger partial charge in [0.25, 0.3) is 0 Å². The molecule has 1 aromatic rings. The van der Waals surface area contributed by atoms with Crippen LogP contribution in [-0.4, -0.2) is 54.6 Å². The first-order valence-electron chi connectivity index (χ1n) is 5.96. The Morgan fingerprint density at radius 1 is 1.24 bits per heavy atom. The number of halogens is 1. The molecular weight excluding hydrogens is 320 g/mol. The highest BCUT2D eigenvalue weighted by molar-refractivity contribution is 7.79. The second-order valence-corrected chi connectivity index (χ2v) is 5.62. The zero-order valence-corrected chi connectivity index (χ0v) is 12.7. The zero-order chi connectivity index (χ0) is 16.0. The van der Waals surface area contributed by atoms with E-state index in [1.165, 1.54) is 0 Å². The lowest BCUT2D eigenvalue weighted by atomic mass is 10.2. The fraction of sp³-hybridized carbons (Fsp3) is 0.364. The highest BCUT2D eigenvalue weighted by atomic mass is 35.5. The molecule has 0 aliphatic carbocycles. The monoisotopic (exact) mass is 336 g/mol. The van der Waals surface area contributed by atoms with Gasteiger partial charge in [-0.2, -0.15) is 8.42 Å². The topological polar surface area (TPSA) is 131 Å². The number of nitrogens with two attached hydrogens (primary N) is 1. The van der Waals surface area contributed by atoms with Crippen LogP contribution in [0.1, 0.15) is 0 Å². The number of nitrogens with zero attached hydrogens (tertiary/aromatic N) is 2. The fourth-order valence-corrected chi connectivity index (χ4v) is 2.06. The van der Waals surface area contributed by atoms with Crippen LogP contribution < -0.4 is 10.6 Å². The first-order chi connectivity index (χ1) is 9.66. The molecule has 1 heterocycles. The molecule has 0 bridgehead atoms. The smallest absolute Gasteiger partial charge is 0.370 e. The molecule has 0 spiro atoms. The molecule has 8 nitrogen and oxygen atoms in total. The van der Waals surface area contributed by atoms with Crippen molar-refractivity contribution in [2.75, 3.05) is 31.1 Å². The summed E-state index contributed by atoms with van der Waals surface area (Å²) in [5.74, 6) is 0.158. The Morgan fingerprint density at radius 3 is 2.19 bits per heavy atom. The van der Waals surface area contributed by atoms with Gasteiger partial charge in [0.15, 0.2) is 5.96 Å². The SMILES string of the molecule is N=C(N)N1CCN(c2cccc(Cl)c2)CC1.O=S(=O)(O)O. The summed E-state index contributed by atoms with van der Waals surface area (Å²) in [6.07, 6.45) is 0. The molecule has 0 atom stereocenters. The molecule has 0 radical (unpaired) electrons. The Kier molecular flexibility index (Phi) is 6.21. The van der Waals surface area contributed by atoms with E-state index in [2.05, 4.69) is 11.0 Å². The Labute approximate surface area is 128 Å². The van der Waals surface area contributed by atoms with E-state index < -0.39 is 10.4 Å². The summed E-state index contributed by atoms with van der Waals surface area (Å²) in [4.78, 5) is 4.13. The molecule has 0 amide bonds. The Balaban J connectivity index is 0.000000383. The van der Waals surface area contributed by atoms with Crippen LogP contribution in [0.4, 0.5) is 5.69 Å². The van der Waals surface area contributed by atoms with Gasteiger partial charge in [-0.3, -0.25) is 14.5 Å². The van der Waals surface area contributed by atoms with Gasteiger partial charge < -0.3 is 15.5 Å². The molecule has 2 rings (SSSR count). The second kappa shape index (κ2) is 7.46. The van der Waals surface area contributed by atoms with Crippen molar-refractivity contribution in [3.63, 3.8) is 0 Å². The van der Waals surface area contributed by atoms with Crippen LogP contribution in [0.2, 0.25) is 5.02 Å². The van der Waals surface area contributed by atoms with E-state index in [0.717, 1.165) is 36.9 Å². The number of rotatable bonds is 1. The van der Waals surface area contributed by atoms with Crippen molar-refractivity contribution < 1.29 is 17.5 Å². The molecule has 0 aromatic heterocycles. The van der Waals surface area contributed by atoms with Gasteiger partial charge in [0.2, 0.25) is 0 Å². The minimum absolute atomic E-state index is 0.158. The van der Waals surface area contributed by atoms with Crippen LogP contribution in [-0.2, 0) is 10.4 Å². The minimum Gasteiger partial charge on any atom is -0.370 e. The lowest BCUT2D eigenvalue weighted by Crippen LogP contribution is -2.50. The lowest BCUT2D eigenvalue weighted by Gasteiger charge is -2.36. The average molecular weight is 337 g/mol. The second-order valence-electron chi connectivity index (χ2n) is 4.29. The summed E-state index contributed by atoms with van der Waals surface area (Å²) in [7, 11) is -4.67. The maximum Gasteiger partial charge on any atom is 0.394 e. The van der Waals surface area contributed by atoms with Crippen LogP contribution in [0, 0.1) is 5.41 Å². The number of nitrogens with one attached hydrogen (secondary N) is 1. The molecule has 1 aliphatic heterocycles. The molecule has 0 saturated carbocycles. The van der Waals surface area contributed by atoms with Crippen LogP contribution in [0.5, 0.6) is 0 Å². The van der Waals surface area contributed by atoms with E-state index in [1.807, 2.05) is 23.1 Å². The molecular formula is C11H17ClN4O4S. The summed E-state index contributed by atoms with van der Waals surface area (Å²) in [5.41, 5.74) is 6.58. The summed E-state index contributed by atoms with van der Waals surface area (Å²) in [6, 6.07) is 7.84. The lowest BCUT2D eigenvalue weighted by molar-refractivity contribution is 0.380. The third-order valence-corrected chi connectivity index (χ3v) is 3.03. The van der Waals surface area contributed by atoms with E-state index in [4.69, 9.17) is 40.3 Å². The zero-order valence-electron chi connectivity index (χ0n) is 11.1. The number of hydrogen-bond donors (Lipinski definition) is 4. The maximum atomic E-state index is 8.74. The van der Waals surface area contributed by atoms with Crippen molar-refractivity contribution in [3.8, 4) is 0 Å². The van der Waals surface area contributed by atoms with Crippen molar-refractivity contribution in [2.24, 2.45) is 5.73 Å². The van der Waals surface area contributed by atoms with Crippen LogP contribution >= 0.6 is 11.6 Å². The number of anilines is 1. The van der Waals surface area contributed by atoms with Crippen molar-refractivity contribution in [2.45, 2.75) is 0 Å². The molecule has 5 N–H and O–H groups in total. The third-order valence-electron chi connectivity index (χ3n) is 2.79. The third kappa shape index (κ3) is 7.14. The molecule has 1 fully saturated rings. The standard InChI is InChI=1S/C11H15ClN4.H2O4S/c12-9-2-1-3-10(8-9)15-4-6-16(7-5-15)11(13)14;1-5(2,3)4/h1-3,8H,4-7H2,(H3,13,14);(H2,1,2,3,4). The molecule has 1 aromatic carbocycles. The van der Waals surface area contributed by atoms with E-state index in [0.29, 0.717) is 0 Å². The fourth-order valence-electron chi connectivity index (χ4n) is 1.88. The first-order valence-corrected chi connectivity index (χ1v) is 7.73. The maximum absolute atomic E-state index is 8.74. The summed E-state index contributed by atoms with van der Waals surface area (Å²) in [6.45, 7) is 3.34. The number of piperazine rings is 1. The molecule has 0 unspecified atom stereocenters. The van der Waals surface area contributed by atoms with Crippen LogP contribution in [0.25, 0.3) is 0 Å². The van der Waals surface area contributed by atoms with E-state index >= 15 is 0 Å². The summed E-state index contributed by atoms with van der Waals surface area (Å²) in [5, 5.41) is 8.11. The molecule has 1 aliphatic rings. The van der Waals surface area contributed by atoms with E-state index in [9.17, 15) is 0 Å². The van der Waals surface area contributed by atoms with Gasteiger partial charge >= 0.3 is 10.4 Å². The van der Waals surface area contributed by atoms with E-state index in [-0.39, 0.29) is 5.96 Å². The van der Waals surface area contributed by atoms with Crippen LogP contribution in [0.3, 0.4) is 0 Å². The quantitative estimate of drug-likeness (QED) is 0.337. The molecule has 21 heavy (non-hydrogen) atoms. The molecule has 118 valence electrons. The predicted molar refractivity (Wildman–Crippen MR) is 81.3 cm³/mol. The Hall–Kier alpha value is -1.55. The van der Waals surface area contributed by atoms with Gasteiger partial charge in [0.1, 0.15) is 0 Å². The van der Waals surface area contributed by atoms with E-state index in [1.54, 1.807) is 0 Å². The van der Waals surface area contributed by atoms with Gasteiger partial charge in [0, 0.05) is 36.9 Å². The Morgan fingerprint density at radius 2 is 1.76 bits per heavy atom. The minimum atomic E-state index is -4.67. The normalized spacial score (nSPS) is 15.2. The Bertz CT molecular complexity index is 580. The molecule has 1 saturated heterocycles. The van der Waals surface area contributed by atoms with Crippen molar-refractivity contribution in [1.29, 1.82) is 5.41 Å². The van der Waals surface area contributed by atoms with Gasteiger partial charge in [-0.05, 0) is 18.2 Å². The van der Waals surface area contributed by atoms with Gasteiger partial charge in [0.05, 0.1) is 0 Å². The number of benzene rings is 1. The number of hydrogen-bond acceptors (Lipinski definition) is 4. The highest BCUT2D eigenvalue weighted by Crippen LogP contribution is 2.20.